The first-order valence-electron chi connectivity index (χ1n) is 8.88. The summed E-state index contributed by atoms with van der Waals surface area (Å²) >= 11 is 0. The third kappa shape index (κ3) is 6.36. The van der Waals surface area contributed by atoms with Crippen molar-refractivity contribution < 1.29 is 27.1 Å². The number of hydrogen-bond acceptors (Lipinski definition) is 3. The van der Waals surface area contributed by atoms with Crippen LogP contribution < -0.4 is 20.7 Å². The van der Waals surface area contributed by atoms with Crippen LogP contribution in [0.15, 0.2) is 41.4 Å². The summed E-state index contributed by atoms with van der Waals surface area (Å²) in [6, 6.07) is 7.69. The number of benzene rings is 2. The standard InChI is InChI=1S/C20H22F4N4O2/c1-12(29)28-17-8-13(4-7-18(17)30-3)10-26-19(25-2)27-11-14-5-6-15(21)9-16(14)20(22,23)24/h4-9H,10-11H2,1-3H3,(H,28,29)(H2,25,26,27). The van der Waals surface area contributed by atoms with Crippen LogP contribution in [0, 0.1) is 5.82 Å². The van der Waals surface area contributed by atoms with Gasteiger partial charge in [0.15, 0.2) is 5.96 Å². The zero-order valence-electron chi connectivity index (χ0n) is 16.7. The topological polar surface area (TPSA) is 74.8 Å². The maximum atomic E-state index is 13.2. The molecule has 30 heavy (non-hydrogen) atoms. The lowest BCUT2D eigenvalue weighted by Crippen LogP contribution is -2.36. The minimum Gasteiger partial charge on any atom is -0.495 e. The number of rotatable bonds is 6. The Hall–Kier alpha value is -3.30. The molecule has 6 nitrogen and oxygen atoms in total. The lowest BCUT2D eigenvalue weighted by atomic mass is 10.1. The number of halogens is 4. The maximum absolute atomic E-state index is 13.2. The van der Waals surface area contributed by atoms with Crippen molar-refractivity contribution in [2.75, 3.05) is 19.5 Å². The van der Waals surface area contributed by atoms with E-state index in [2.05, 4.69) is 20.9 Å². The number of guanidine groups is 1. The summed E-state index contributed by atoms with van der Waals surface area (Å²) in [5, 5.41) is 8.42. The zero-order chi connectivity index (χ0) is 22.3. The fourth-order valence-corrected chi connectivity index (χ4v) is 2.70. The van der Waals surface area contributed by atoms with Gasteiger partial charge in [0, 0.05) is 27.1 Å². The van der Waals surface area contributed by atoms with Gasteiger partial charge in [0.2, 0.25) is 5.91 Å². The lowest BCUT2D eigenvalue weighted by Gasteiger charge is -2.16. The first kappa shape index (κ1) is 23.0. The Bertz CT molecular complexity index is 930. The molecule has 0 saturated carbocycles. The number of carbonyl (C=O) groups is 1. The molecule has 10 heteroatoms. The summed E-state index contributed by atoms with van der Waals surface area (Å²) in [6.45, 7) is 1.46. The van der Waals surface area contributed by atoms with Crippen LogP contribution in [0.3, 0.4) is 0 Å². The van der Waals surface area contributed by atoms with Gasteiger partial charge in [0.25, 0.3) is 0 Å². The van der Waals surface area contributed by atoms with Crippen LogP contribution >= 0.6 is 0 Å². The molecule has 2 rings (SSSR count). The van der Waals surface area contributed by atoms with E-state index in [0.717, 1.165) is 17.7 Å². The van der Waals surface area contributed by atoms with E-state index in [9.17, 15) is 22.4 Å². The number of aliphatic imine (C=N–C) groups is 1. The molecule has 0 radical (unpaired) electrons. The Balaban J connectivity index is 2.05. The van der Waals surface area contributed by atoms with Crippen molar-refractivity contribution in [3.8, 4) is 5.75 Å². The van der Waals surface area contributed by atoms with Crippen molar-refractivity contribution in [1.29, 1.82) is 0 Å². The van der Waals surface area contributed by atoms with Crippen LogP contribution in [-0.4, -0.2) is 26.0 Å². The number of methoxy groups -OCH3 is 1. The number of carbonyl (C=O) groups excluding carboxylic acids is 1. The molecular weight excluding hydrogens is 404 g/mol. The molecule has 2 aromatic rings. The first-order valence-corrected chi connectivity index (χ1v) is 8.88. The molecule has 0 unspecified atom stereocenters. The molecule has 0 aromatic heterocycles. The second-order valence-corrected chi connectivity index (χ2v) is 6.29. The van der Waals surface area contributed by atoms with Crippen molar-refractivity contribution in [2.24, 2.45) is 4.99 Å². The van der Waals surface area contributed by atoms with Gasteiger partial charge in [-0.05, 0) is 35.4 Å². The molecule has 0 aliphatic heterocycles. The molecule has 0 aliphatic carbocycles. The Morgan fingerprint density at radius 2 is 1.80 bits per heavy atom. The highest BCUT2D eigenvalue weighted by Crippen LogP contribution is 2.32. The van der Waals surface area contributed by atoms with Crippen LogP contribution in [0.25, 0.3) is 0 Å². The highest BCUT2D eigenvalue weighted by Gasteiger charge is 2.33. The molecular formula is C20H22F4N4O2. The molecule has 3 N–H and O–H groups in total. The number of nitrogens with zero attached hydrogens (tertiary/aromatic N) is 1. The number of alkyl halides is 3. The fraction of sp³-hybridized carbons (Fsp3) is 0.300. The van der Waals surface area contributed by atoms with Crippen LogP contribution in [0.5, 0.6) is 5.75 Å². The average Bonchev–Trinajstić information content (AvgIpc) is 2.68. The molecule has 0 bridgehead atoms. The van der Waals surface area contributed by atoms with Crippen molar-refractivity contribution in [3.05, 3.63) is 58.9 Å². The molecule has 1 amide bonds. The van der Waals surface area contributed by atoms with Gasteiger partial charge in [-0.2, -0.15) is 13.2 Å². The summed E-state index contributed by atoms with van der Waals surface area (Å²) in [7, 11) is 2.95. The number of hydrogen-bond donors (Lipinski definition) is 3. The molecule has 0 atom stereocenters. The second kappa shape index (κ2) is 9.95. The van der Waals surface area contributed by atoms with Gasteiger partial charge < -0.3 is 20.7 Å². The smallest absolute Gasteiger partial charge is 0.416 e. The minimum absolute atomic E-state index is 0.107. The molecule has 0 saturated heterocycles. The van der Waals surface area contributed by atoms with E-state index in [4.69, 9.17) is 4.74 Å². The quantitative estimate of drug-likeness (QED) is 0.374. The van der Waals surface area contributed by atoms with E-state index < -0.39 is 17.6 Å². The van der Waals surface area contributed by atoms with E-state index >= 15 is 0 Å². The van der Waals surface area contributed by atoms with E-state index in [1.165, 1.54) is 21.1 Å². The van der Waals surface area contributed by atoms with Gasteiger partial charge in [-0.25, -0.2) is 4.39 Å². The summed E-state index contributed by atoms with van der Waals surface area (Å²) in [6.07, 6.45) is -4.67. The van der Waals surface area contributed by atoms with E-state index in [-0.39, 0.29) is 30.5 Å². The summed E-state index contributed by atoms with van der Waals surface area (Å²) in [5.74, 6) is -0.462. The SMILES string of the molecule is CN=C(NCc1ccc(OC)c(NC(C)=O)c1)NCc1ccc(F)cc1C(F)(F)F. The molecule has 0 aliphatic rings. The Morgan fingerprint density at radius 1 is 1.10 bits per heavy atom. The van der Waals surface area contributed by atoms with Crippen molar-refractivity contribution >= 4 is 17.6 Å². The Labute approximate surface area is 171 Å². The number of ether oxygens (including phenoxy) is 1. The highest BCUT2D eigenvalue weighted by molar-refractivity contribution is 5.90. The fourth-order valence-electron chi connectivity index (χ4n) is 2.70. The number of anilines is 1. The van der Waals surface area contributed by atoms with Crippen LogP contribution in [0.4, 0.5) is 23.2 Å². The predicted molar refractivity (Wildman–Crippen MR) is 106 cm³/mol. The Kier molecular flexibility index (Phi) is 7.62. The van der Waals surface area contributed by atoms with Crippen molar-refractivity contribution in [3.63, 3.8) is 0 Å². The molecule has 0 heterocycles. The second-order valence-electron chi connectivity index (χ2n) is 6.29. The maximum Gasteiger partial charge on any atom is 0.416 e. The van der Waals surface area contributed by atoms with Crippen molar-refractivity contribution in [2.45, 2.75) is 26.2 Å². The monoisotopic (exact) mass is 426 g/mol. The lowest BCUT2D eigenvalue weighted by molar-refractivity contribution is -0.138. The largest absolute Gasteiger partial charge is 0.495 e. The number of amides is 1. The van der Waals surface area contributed by atoms with Gasteiger partial charge in [-0.3, -0.25) is 9.79 Å². The van der Waals surface area contributed by atoms with Gasteiger partial charge >= 0.3 is 6.18 Å². The number of nitrogens with one attached hydrogen (secondary N) is 3. The van der Waals surface area contributed by atoms with E-state index in [0.29, 0.717) is 17.5 Å². The van der Waals surface area contributed by atoms with Crippen LogP contribution in [0.2, 0.25) is 0 Å². The Morgan fingerprint density at radius 3 is 2.40 bits per heavy atom. The third-order valence-corrected chi connectivity index (χ3v) is 4.08. The van der Waals surface area contributed by atoms with Gasteiger partial charge in [0.1, 0.15) is 11.6 Å². The van der Waals surface area contributed by atoms with Gasteiger partial charge in [0.05, 0.1) is 18.4 Å². The summed E-state index contributed by atoms with van der Waals surface area (Å²) < 4.78 is 57.8. The summed E-state index contributed by atoms with van der Waals surface area (Å²) in [5.41, 5.74) is 0.124. The minimum atomic E-state index is -4.67. The predicted octanol–water partition coefficient (Wildman–Crippen LogP) is 3.68. The zero-order valence-corrected chi connectivity index (χ0v) is 16.7. The van der Waals surface area contributed by atoms with E-state index in [1.807, 2.05) is 0 Å². The molecule has 2 aromatic carbocycles. The van der Waals surface area contributed by atoms with E-state index in [1.54, 1.807) is 18.2 Å². The van der Waals surface area contributed by atoms with Crippen molar-refractivity contribution in [1.82, 2.24) is 10.6 Å². The summed E-state index contributed by atoms with van der Waals surface area (Å²) in [4.78, 5) is 15.3. The normalized spacial score (nSPS) is 11.8. The van der Waals surface area contributed by atoms with Crippen LogP contribution in [-0.2, 0) is 24.1 Å². The third-order valence-electron chi connectivity index (χ3n) is 4.08. The first-order chi connectivity index (χ1) is 14.1. The van der Waals surface area contributed by atoms with Crippen LogP contribution in [0.1, 0.15) is 23.6 Å². The highest BCUT2D eigenvalue weighted by atomic mass is 19.4. The van der Waals surface area contributed by atoms with Gasteiger partial charge in [-0.1, -0.05) is 12.1 Å². The molecule has 0 fully saturated rings. The molecule has 0 spiro atoms. The molecule has 162 valence electrons. The van der Waals surface area contributed by atoms with Gasteiger partial charge in [-0.15, -0.1) is 0 Å². The average molecular weight is 426 g/mol.